The highest BCUT2D eigenvalue weighted by Crippen LogP contribution is 2.16. The van der Waals surface area contributed by atoms with Crippen molar-refractivity contribution in [1.82, 2.24) is 5.32 Å². The summed E-state index contributed by atoms with van der Waals surface area (Å²) in [6, 6.07) is 7.37. The van der Waals surface area contributed by atoms with Crippen LogP contribution in [0.2, 0.25) is 0 Å². The van der Waals surface area contributed by atoms with E-state index in [0.717, 1.165) is 11.4 Å². The van der Waals surface area contributed by atoms with Crippen molar-refractivity contribution in [1.29, 1.82) is 0 Å². The summed E-state index contributed by atoms with van der Waals surface area (Å²) in [5, 5.41) is 5.65. The van der Waals surface area contributed by atoms with Gasteiger partial charge in [0.25, 0.3) is 0 Å². The van der Waals surface area contributed by atoms with Crippen LogP contribution in [0.3, 0.4) is 0 Å². The van der Waals surface area contributed by atoms with Gasteiger partial charge in [0, 0.05) is 18.7 Å². The van der Waals surface area contributed by atoms with Crippen molar-refractivity contribution in [3.8, 4) is 5.75 Å². The first kappa shape index (κ1) is 12.4. The number of amides is 1. The summed E-state index contributed by atoms with van der Waals surface area (Å²) in [6.45, 7) is 3.94. The lowest BCUT2D eigenvalue weighted by Crippen LogP contribution is -2.32. The van der Waals surface area contributed by atoms with E-state index in [0.29, 0.717) is 6.61 Å². The van der Waals surface area contributed by atoms with E-state index in [4.69, 9.17) is 17.0 Å². The van der Waals surface area contributed by atoms with Gasteiger partial charge in [0.2, 0.25) is 5.91 Å². The summed E-state index contributed by atoms with van der Waals surface area (Å²) >= 11 is 4.94. The smallest absolute Gasteiger partial charge is 0.222 e. The molecule has 1 rings (SSSR count). The van der Waals surface area contributed by atoms with Crippen LogP contribution in [0.25, 0.3) is 0 Å². The van der Waals surface area contributed by atoms with Crippen LogP contribution in [0.5, 0.6) is 5.75 Å². The zero-order valence-corrected chi connectivity index (χ0v) is 10.1. The molecule has 0 bridgehead atoms. The normalized spacial score (nSPS) is 9.38. The maximum absolute atomic E-state index is 10.8. The number of nitrogens with one attached hydrogen (secondary N) is 2. The minimum absolute atomic E-state index is 0.196. The minimum atomic E-state index is -0.196. The molecule has 0 aliphatic rings. The second-order valence-electron chi connectivity index (χ2n) is 3.10. The molecule has 0 heterocycles. The molecule has 0 aliphatic carbocycles. The van der Waals surface area contributed by atoms with E-state index in [9.17, 15) is 4.79 Å². The Hall–Kier alpha value is -1.62. The molecule has 1 amide bonds. The Balaban J connectivity index is 2.62. The molecule has 0 radical (unpaired) electrons. The summed E-state index contributed by atoms with van der Waals surface area (Å²) < 4.78 is 5.34. The van der Waals surface area contributed by atoms with Gasteiger partial charge in [-0.2, -0.15) is 0 Å². The Labute approximate surface area is 100.0 Å². The Morgan fingerprint density at radius 2 is 2.25 bits per heavy atom. The number of carbonyl (C=O) groups is 1. The van der Waals surface area contributed by atoms with E-state index in [2.05, 4.69) is 10.6 Å². The number of hydrogen-bond donors (Lipinski definition) is 2. The zero-order chi connectivity index (χ0) is 12.0. The molecule has 0 saturated carbocycles. The summed E-state index contributed by atoms with van der Waals surface area (Å²) in [6.07, 6.45) is 0. The van der Waals surface area contributed by atoms with Gasteiger partial charge in [-0.25, -0.2) is 0 Å². The molecular formula is C11H14N2O2S. The van der Waals surface area contributed by atoms with E-state index < -0.39 is 0 Å². The summed E-state index contributed by atoms with van der Waals surface area (Å²) in [7, 11) is 0. The third-order valence-electron chi connectivity index (χ3n) is 1.69. The first-order chi connectivity index (χ1) is 7.61. The molecule has 0 aliphatic heterocycles. The third-order valence-corrected chi connectivity index (χ3v) is 1.90. The van der Waals surface area contributed by atoms with E-state index in [1.807, 2.05) is 31.2 Å². The number of carbonyl (C=O) groups excluding carboxylic acids is 1. The second-order valence-corrected chi connectivity index (χ2v) is 3.50. The maximum Gasteiger partial charge on any atom is 0.222 e. The molecule has 1 aromatic rings. The molecule has 0 fully saturated rings. The maximum atomic E-state index is 10.8. The highest BCUT2D eigenvalue weighted by Gasteiger charge is 2.00. The van der Waals surface area contributed by atoms with Gasteiger partial charge in [-0.05, 0) is 31.3 Å². The Bertz CT molecular complexity index is 393. The van der Waals surface area contributed by atoms with Crippen molar-refractivity contribution in [2.24, 2.45) is 0 Å². The number of benzene rings is 1. The third kappa shape index (κ3) is 4.27. The van der Waals surface area contributed by atoms with Crippen molar-refractivity contribution >= 4 is 28.9 Å². The van der Waals surface area contributed by atoms with Crippen molar-refractivity contribution in [2.75, 3.05) is 11.9 Å². The van der Waals surface area contributed by atoms with Gasteiger partial charge in [0.15, 0.2) is 5.11 Å². The molecule has 0 atom stereocenters. The summed E-state index contributed by atoms with van der Waals surface area (Å²) in [5.41, 5.74) is 0.782. The van der Waals surface area contributed by atoms with Crippen LogP contribution < -0.4 is 15.4 Å². The Morgan fingerprint density at radius 1 is 1.50 bits per heavy atom. The van der Waals surface area contributed by atoms with Crippen LogP contribution in [-0.4, -0.2) is 17.6 Å². The average molecular weight is 238 g/mol. The minimum Gasteiger partial charge on any atom is -0.494 e. The fourth-order valence-corrected chi connectivity index (χ4v) is 1.41. The van der Waals surface area contributed by atoms with Gasteiger partial charge < -0.3 is 15.4 Å². The molecule has 16 heavy (non-hydrogen) atoms. The van der Waals surface area contributed by atoms with E-state index in [1.165, 1.54) is 6.92 Å². The first-order valence-electron chi connectivity index (χ1n) is 4.93. The van der Waals surface area contributed by atoms with Gasteiger partial charge in [0.1, 0.15) is 5.75 Å². The van der Waals surface area contributed by atoms with Crippen LogP contribution in [0.4, 0.5) is 5.69 Å². The van der Waals surface area contributed by atoms with Gasteiger partial charge >= 0.3 is 0 Å². The average Bonchev–Trinajstić information content (AvgIpc) is 2.17. The molecule has 0 aromatic heterocycles. The van der Waals surface area contributed by atoms with Gasteiger partial charge in [0.05, 0.1) is 6.61 Å². The molecule has 2 N–H and O–H groups in total. The Kier molecular flexibility index (Phi) is 4.72. The first-order valence-corrected chi connectivity index (χ1v) is 5.34. The standard InChI is InChI=1S/C11H14N2O2S/c1-3-15-10-6-4-5-9(7-10)13-11(16)12-8(2)14/h4-7H,3H2,1-2H3,(H2,12,13,14,16). The molecule has 0 saturated heterocycles. The quantitative estimate of drug-likeness (QED) is 0.790. The topological polar surface area (TPSA) is 50.4 Å². The van der Waals surface area contributed by atoms with E-state index >= 15 is 0 Å². The van der Waals surface area contributed by atoms with Gasteiger partial charge in [-0.3, -0.25) is 4.79 Å². The van der Waals surface area contributed by atoms with Crippen LogP contribution >= 0.6 is 12.2 Å². The van der Waals surface area contributed by atoms with Crippen LogP contribution in [0, 0.1) is 0 Å². The predicted molar refractivity (Wildman–Crippen MR) is 67.6 cm³/mol. The lowest BCUT2D eigenvalue weighted by molar-refractivity contribution is -0.117. The lowest BCUT2D eigenvalue weighted by atomic mass is 10.3. The molecule has 0 spiro atoms. The van der Waals surface area contributed by atoms with E-state index in [-0.39, 0.29) is 11.0 Å². The molecular weight excluding hydrogens is 224 g/mol. The number of ether oxygens (including phenoxy) is 1. The largest absolute Gasteiger partial charge is 0.494 e. The second kappa shape index (κ2) is 6.07. The molecule has 4 nitrogen and oxygen atoms in total. The van der Waals surface area contributed by atoms with Crippen LogP contribution in [0.15, 0.2) is 24.3 Å². The van der Waals surface area contributed by atoms with Crippen molar-refractivity contribution in [2.45, 2.75) is 13.8 Å². The zero-order valence-electron chi connectivity index (χ0n) is 9.24. The molecule has 0 unspecified atom stereocenters. The Morgan fingerprint density at radius 3 is 2.88 bits per heavy atom. The highest BCUT2D eigenvalue weighted by molar-refractivity contribution is 7.80. The van der Waals surface area contributed by atoms with Gasteiger partial charge in [-0.1, -0.05) is 6.07 Å². The van der Waals surface area contributed by atoms with E-state index in [1.54, 1.807) is 0 Å². The van der Waals surface area contributed by atoms with Crippen LogP contribution in [0.1, 0.15) is 13.8 Å². The fraction of sp³-hybridized carbons (Fsp3) is 0.273. The SMILES string of the molecule is CCOc1cccc(NC(=S)NC(C)=O)c1. The number of hydrogen-bond acceptors (Lipinski definition) is 3. The lowest BCUT2D eigenvalue weighted by Gasteiger charge is -2.09. The molecule has 86 valence electrons. The van der Waals surface area contributed by atoms with Crippen LogP contribution in [-0.2, 0) is 4.79 Å². The molecule has 5 heteroatoms. The van der Waals surface area contributed by atoms with Crippen molar-refractivity contribution < 1.29 is 9.53 Å². The fourth-order valence-electron chi connectivity index (χ4n) is 1.15. The van der Waals surface area contributed by atoms with Gasteiger partial charge in [-0.15, -0.1) is 0 Å². The summed E-state index contributed by atoms with van der Waals surface area (Å²) in [5.74, 6) is 0.566. The molecule has 1 aromatic carbocycles. The monoisotopic (exact) mass is 238 g/mol. The number of thiocarbonyl (C=S) groups is 1. The van der Waals surface area contributed by atoms with Crippen molar-refractivity contribution in [3.63, 3.8) is 0 Å². The predicted octanol–water partition coefficient (Wildman–Crippen LogP) is 1.92. The highest BCUT2D eigenvalue weighted by atomic mass is 32.1. The van der Waals surface area contributed by atoms with Crippen molar-refractivity contribution in [3.05, 3.63) is 24.3 Å². The summed E-state index contributed by atoms with van der Waals surface area (Å²) in [4.78, 5) is 10.8. The number of rotatable bonds is 3. The number of anilines is 1.